The molecule has 0 amide bonds. The van der Waals surface area contributed by atoms with E-state index < -0.39 is 75.0 Å². The molecule has 3 nitrogen and oxygen atoms in total. The molecule has 0 bridgehead atoms. The maximum Gasteiger partial charge on any atom is 0.422 e. The Bertz CT molecular complexity index is 670. The molecule has 1 rings (SSSR count). The first-order valence-corrected chi connectivity index (χ1v) is 9.76. The maximum absolute atomic E-state index is 13.6. The number of thioether (sulfide) groups is 2. The molecule has 0 unspecified atom stereocenters. The van der Waals surface area contributed by atoms with Crippen molar-refractivity contribution in [2.75, 3.05) is 21.3 Å². The van der Waals surface area contributed by atoms with Crippen LogP contribution in [0.2, 0.25) is 0 Å². The van der Waals surface area contributed by atoms with Crippen LogP contribution in [0.15, 0.2) is 9.81 Å². The molecule has 0 N–H and O–H groups in total. The van der Waals surface area contributed by atoms with Gasteiger partial charge in [-0.25, -0.2) is 0 Å². The zero-order valence-corrected chi connectivity index (χ0v) is 16.6. The second kappa shape index (κ2) is 8.04. The van der Waals surface area contributed by atoms with Crippen molar-refractivity contribution in [1.82, 2.24) is 0 Å². The Labute approximate surface area is 163 Å². The summed E-state index contributed by atoms with van der Waals surface area (Å²) in [5.74, 6) is 0. The highest BCUT2D eigenvalue weighted by Gasteiger charge is 2.79. The van der Waals surface area contributed by atoms with E-state index >= 15 is 0 Å². The minimum Gasteiger partial charge on any atom is -0.320 e. The van der Waals surface area contributed by atoms with Gasteiger partial charge in [0.05, 0.1) is 8.86 Å². The molecule has 18 heteroatoms. The predicted molar refractivity (Wildman–Crippen MR) is 82.1 cm³/mol. The van der Waals surface area contributed by atoms with Crippen molar-refractivity contribution >= 4 is 35.7 Å². The smallest absolute Gasteiger partial charge is 0.320 e. The summed E-state index contributed by atoms with van der Waals surface area (Å²) in [5.41, 5.74) is -3.52. The second-order valence-electron chi connectivity index (χ2n) is 4.89. The van der Waals surface area contributed by atoms with Crippen LogP contribution in [0.5, 0.6) is 0 Å². The first-order valence-electron chi connectivity index (χ1n) is 6.58. The summed E-state index contributed by atoms with van der Waals surface area (Å²) in [6, 6.07) is 0. The summed E-state index contributed by atoms with van der Waals surface area (Å²) >= 11 is -2.71. The molecule has 1 aliphatic rings. The van der Waals surface area contributed by atoms with Gasteiger partial charge in [0.15, 0.2) is 5.57 Å². The van der Waals surface area contributed by atoms with E-state index in [0.717, 1.165) is 0 Å². The molecular formula is C11H9F12O3PS2. The van der Waals surface area contributed by atoms with E-state index in [9.17, 15) is 52.7 Å². The Kier molecular flexibility index (Phi) is 7.43. The molecule has 0 aromatic carbocycles. The van der Waals surface area contributed by atoms with Gasteiger partial charge < -0.3 is 13.6 Å². The third-order valence-corrected chi connectivity index (χ3v) is 9.53. The van der Waals surface area contributed by atoms with Crippen LogP contribution < -0.4 is 0 Å². The first kappa shape index (κ1) is 26.8. The van der Waals surface area contributed by atoms with Gasteiger partial charge in [0.1, 0.15) is 0 Å². The Morgan fingerprint density at radius 2 is 1.07 bits per heavy atom. The van der Waals surface area contributed by atoms with Gasteiger partial charge >= 0.3 is 24.7 Å². The van der Waals surface area contributed by atoms with Crippen molar-refractivity contribution in [2.24, 2.45) is 0 Å². The van der Waals surface area contributed by atoms with Crippen LogP contribution in [-0.4, -0.2) is 55.4 Å². The molecule has 0 spiro atoms. The summed E-state index contributed by atoms with van der Waals surface area (Å²) in [6.07, 6.45) is -25.4. The van der Waals surface area contributed by atoms with Crippen molar-refractivity contribution < 1.29 is 66.3 Å². The molecule has 172 valence electrons. The molecular weight excluding hydrogens is 503 g/mol. The lowest BCUT2D eigenvalue weighted by molar-refractivity contribution is -0.242. The number of hydrogen-bond acceptors (Lipinski definition) is 5. The molecule has 1 fully saturated rings. The first-order chi connectivity index (χ1) is 12.7. The summed E-state index contributed by atoms with van der Waals surface area (Å²) in [5, 5.41) is 0. The molecule has 0 aliphatic carbocycles. The number of rotatable bonds is 3. The lowest BCUT2D eigenvalue weighted by atomic mass is 10.1. The van der Waals surface area contributed by atoms with E-state index in [1.807, 2.05) is 0 Å². The minimum absolute atomic E-state index is 0.534. The predicted octanol–water partition coefficient (Wildman–Crippen LogP) is 6.50. The molecule has 0 aromatic heterocycles. The number of allylic oxidation sites excluding steroid dienone is 1. The Hall–Kier alpha value is -0.220. The zero-order valence-electron chi connectivity index (χ0n) is 14.0. The molecule has 1 aliphatic heterocycles. The van der Waals surface area contributed by atoms with Crippen molar-refractivity contribution in [2.45, 2.75) is 29.5 Å². The van der Waals surface area contributed by atoms with Crippen LogP contribution in [0.4, 0.5) is 52.7 Å². The lowest BCUT2D eigenvalue weighted by Crippen LogP contribution is -2.57. The average Bonchev–Trinajstić information content (AvgIpc) is 2.88. The van der Waals surface area contributed by atoms with Gasteiger partial charge in [-0.05, 0) is 0 Å². The SMILES string of the molecule is COP(OC)(OC)=C1SC(=C(C(F)(F)F)C(F)(F)F)SC1(C(F)(F)F)C(F)(F)F. The van der Waals surface area contributed by atoms with Gasteiger partial charge in [-0.15, -0.1) is 0 Å². The zero-order chi connectivity index (χ0) is 23.3. The summed E-state index contributed by atoms with van der Waals surface area (Å²) in [4.78, 5) is 0. The highest BCUT2D eigenvalue weighted by Crippen LogP contribution is 2.72. The number of hydrogen-bond donors (Lipinski definition) is 0. The van der Waals surface area contributed by atoms with E-state index in [-0.39, 0.29) is 0 Å². The van der Waals surface area contributed by atoms with E-state index in [1.54, 1.807) is 0 Å². The van der Waals surface area contributed by atoms with Gasteiger partial charge in [-0.1, -0.05) is 23.5 Å². The van der Waals surface area contributed by atoms with Crippen LogP contribution >= 0.6 is 31.1 Å². The average molecular weight is 512 g/mol. The highest BCUT2D eigenvalue weighted by molar-refractivity contribution is 8.38. The normalized spacial score (nSPS) is 19.1. The van der Waals surface area contributed by atoms with Gasteiger partial charge in [0, 0.05) is 21.3 Å². The van der Waals surface area contributed by atoms with Crippen molar-refractivity contribution in [1.29, 1.82) is 0 Å². The largest absolute Gasteiger partial charge is 0.422 e. The van der Waals surface area contributed by atoms with Gasteiger partial charge in [0.25, 0.3) is 7.57 Å². The van der Waals surface area contributed by atoms with E-state index in [0.29, 0.717) is 21.3 Å². The monoisotopic (exact) mass is 512 g/mol. The third-order valence-electron chi connectivity index (χ3n) is 3.28. The Morgan fingerprint density at radius 3 is 1.31 bits per heavy atom. The minimum atomic E-state index is -6.40. The summed E-state index contributed by atoms with van der Waals surface area (Å²) < 4.78 is 163. The number of alkyl halides is 12. The van der Waals surface area contributed by atoms with Crippen LogP contribution in [0.1, 0.15) is 0 Å². The fourth-order valence-electron chi connectivity index (χ4n) is 2.10. The fraction of sp³-hybridized carbons (Fsp3) is 0.727. The van der Waals surface area contributed by atoms with E-state index in [4.69, 9.17) is 0 Å². The molecule has 0 radical (unpaired) electrons. The van der Waals surface area contributed by atoms with Crippen LogP contribution in [-0.2, 0) is 13.6 Å². The molecule has 29 heavy (non-hydrogen) atoms. The Morgan fingerprint density at radius 1 is 0.724 bits per heavy atom. The topological polar surface area (TPSA) is 27.7 Å². The van der Waals surface area contributed by atoms with Crippen molar-refractivity contribution in [3.8, 4) is 0 Å². The van der Waals surface area contributed by atoms with E-state index in [2.05, 4.69) is 13.6 Å². The van der Waals surface area contributed by atoms with Crippen molar-refractivity contribution in [3.05, 3.63) is 9.81 Å². The molecule has 1 saturated heterocycles. The second-order valence-corrected chi connectivity index (χ2v) is 10.2. The van der Waals surface area contributed by atoms with Crippen LogP contribution in [0.25, 0.3) is 0 Å². The standard InChI is InChI=1S/C11H9F12O3PS2/c1-24-27(25-2,26-3)6-7(10(18,19)20,11(21,22)23)29-5(28-6)4(8(12,13)14)9(15,16)17/h1-3H3. The van der Waals surface area contributed by atoms with Crippen LogP contribution in [0.3, 0.4) is 0 Å². The molecule has 0 aromatic rings. The van der Waals surface area contributed by atoms with E-state index in [1.165, 1.54) is 0 Å². The highest BCUT2D eigenvalue weighted by atomic mass is 32.2. The van der Waals surface area contributed by atoms with Gasteiger partial charge in [-0.2, -0.15) is 52.7 Å². The molecule has 0 saturated carbocycles. The summed E-state index contributed by atoms with van der Waals surface area (Å²) in [6.45, 7) is 0. The maximum atomic E-state index is 13.6. The molecule has 0 atom stereocenters. The third kappa shape index (κ3) is 4.54. The fourth-order valence-corrected chi connectivity index (χ4v) is 8.59. The van der Waals surface area contributed by atoms with Crippen LogP contribution in [0, 0.1) is 0 Å². The summed E-state index contributed by atoms with van der Waals surface area (Å²) in [7, 11) is -3.23. The Balaban J connectivity index is 4.23. The van der Waals surface area contributed by atoms with Crippen molar-refractivity contribution in [3.63, 3.8) is 0 Å². The van der Waals surface area contributed by atoms with Gasteiger partial charge in [0.2, 0.25) is 4.75 Å². The number of halogens is 12. The quantitative estimate of drug-likeness (QED) is 0.318. The van der Waals surface area contributed by atoms with Gasteiger partial charge in [-0.3, -0.25) is 0 Å². The molecule has 1 heterocycles. The lowest BCUT2D eigenvalue weighted by Gasteiger charge is -2.36.